The van der Waals surface area contributed by atoms with Crippen LogP contribution in [-0.4, -0.2) is 36.0 Å². The van der Waals surface area contributed by atoms with Crippen LogP contribution in [-0.2, 0) is 9.53 Å². The Morgan fingerprint density at radius 3 is 2.58 bits per heavy atom. The molecule has 70 valence electrons. The lowest BCUT2D eigenvalue weighted by molar-refractivity contribution is -0.137. The summed E-state index contributed by atoms with van der Waals surface area (Å²) in [6.07, 6.45) is 0. The molecule has 0 aromatic carbocycles. The fourth-order valence-electron chi connectivity index (χ4n) is 0.635. The second kappa shape index (κ2) is 5.74. The van der Waals surface area contributed by atoms with Gasteiger partial charge >= 0.3 is 0 Å². The van der Waals surface area contributed by atoms with Crippen molar-refractivity contribution in [3.63, 3.8) is 0 Å². The zero-order valence-corrected chi connectivity index (χ0v) is 7.54. The molecule has 0 aromatic heterocycles. The zero-order valence-electron chi connectivity index (χ0n) is 7.54. The summed E-state index contributed by atoms with van der Waals surface area (Å²) in [5.41, 5.74) is 0.392. The molecule has 0 heterocycles. The van der Waals surface area contributed by atoms with Gasteiger partial charge in [0.05, 0.1) is 0 Å². The highest BCUT2D eigenvalue weighted by Gasteiger charge is 2.11. The van der Waals surface area contributed by atoms with Crippen LogP contribution < -0.4 is 0 Å². The maximum absolute atomic E-state index is 11.2. The summed E-state index contributed by atoms with van der Waals surface area (Å²) in [5, 5.41) is 8.76. The van der Waals surface area contributed by atoms with Gasteiger partial charge in [-0.2, -0.15) is 0 Å². The van der Waals surface area contributed by atoms with Crippen molar-refractivity contribution in [1.29, 1.82) is 0 Å². The molecule has 1 N–H and O–H groups in total. The van der Waals surface area contributed by atoms with Crippen LogP contribution in [0.4, 0.5) is 0 Å². The van der Waals surface area contributed by atoms with Gasteiger partial charge in [0, 0.05) is 12.2 Å². The number of ether oxygens (including phenoxy) is 1. The van der Waals surface area contributed by atoms with Crippen LogP contribution in [0.25, 0.3) is 0 Å². The summed E-state index contributed by atoms with van der Waals surface area (Å²) >= 11 is 0. The van der Waals surface area contributed by atoms with E-state index in [1.54, 1.807) is 6.92 Å². The van der Waals surface area contributed by atoms with Crippen molar-refractivity contribution in [3.05, 3.63) is 12.2 Å². The van der Waals surface area contributed by atoms with Crippen LogP contribution in [0.3, 0.4) is 0 Å². The summed E-state index contributed by atoms with van der Waals surface area (Å²) in [6, 6.07) is 0. The highest BCUT2D eigenvalue weighted by atomic mass is 16.5. The van der Waals surface area contributed by atoms with Gasteiger partial charge < -0.3 is 9.84 Å². The Morgan fingerprint density at radius 2 is 2.25 bits per heavy atom. The molecule has 0 aliphatic rings. The van der Waals surface area contributed by atoms with Gasteiger partial charge in [0.2, 0.25) is 0 Å². The molecule has 0 bridgehead atoms. The monoisotopic (exact) mass is 173 g/mol. The second-order valence-electron chi connectivity index (χ2n) is 2.39. The van der Waals surface area contributed by atoms with E-state index in [4.69, 9.17) is 9.84 Å². The Labute approximate surface area is 72.4 Å². The third-order valence-corrected chi connectivity index (χ3v) is 1.27. The Balaban J connectivity index is 3.96. The third kappa shape index (κ3) is 3.50. The highest BCUT2D eigenvalue weighted by molar-refractivity contribution is 5.91. The number of carbonyl (C=O) groups is 1. The predicted molar refractivity (Wildman–Crippen MR) is 45.2 cm³/mol. The molecule has 0 spiro atoms. The first kappa shape index (κ1) is 11.1. The number of amides is 1. The number of aliphatic hydroxyl groups excluding tert-OH is 1. The van der Waals surface area contributed by atoms with E-state index in [0.717, 1.165) is 0 Å². The summed E-state index contributed by atoms with van der Waals surface area (Å²) in [5.74, 6) is -0.286. The Morgan fingerprint density at radius 1 is 1.67 bits per heavy atom. The van der Waals surface area contributed by atoms with Gasteiger partial charge in [0.1, 0.15) is 13.5 Å². The van der Waals surface area contributed by atoms with E-state index in [-0.39, 0.29) is 19.4 Å². The van der Waals surface area contributed by atoms with E-state index in [2.05, 4.69) is 6.58 Å². The standard InChI is InChI=1S/C8H15NO3/c1-4-12-6-9(5-10)8(11)7(2)3/h10H,2,4-6H2,1,3H3. The van der Waals surface area contributed by atoms with Crippen LogP contribution in [0.5, 0.6) is 0 Å². The minimum Gasteiger partial charge on any atom is -0.376 e. The minimum absolute atomic E-state index is 0.110. The van der Waals surface area contributed by atoms with Crippen molar-refractivity contribution >= 4 is 5.91 Å². The Hall–Kier alpha value is -0.870. The van der Waals surface area contributed by atoms with E-state index in [1.807, 2.05) is 6.92 Å². The van der Waals surface area contributed by atoms with Crippen molar-refractivity contribution in [2.45, 2.75) is 13.8 Å². The first-order valence-corrected chi connectivity index (χ1v) is 3.76. The van der Waals surface area contributed by atoms with E-state index >= 15 is 0 Å². The van der Waals surface area contributed by atoms with E-state index in [9.17, 15) is 4.79 Å². The fraction of sp³-hybridized carbons (Fsp3) is 0.625. The molecular formula is C8H15NO3. The average Bonchev–Trinajstić information content (AvgIpc) is 2.05. The number of aliphatic hydroxyl groups is 1. The molecule has 0 rings (SSSR count). The van der Waals surface area contributed by atoms with Gasteiger partial charge in [0.25, 0.3) is 5.91 Å². The third-order valence-electron chi connectivity index (χ3n) is 1.27. The van der Waals surface area contributed by atoms with Crippen LogP contribution in [0.15, 0.2) is 12.2 Å². The van der Waals surface area contributed by atoms with E-state index < -0.39 is 0 Å². The van der Waals surface area contributed by atoms with Crippen LogP contribution >= 0.6 is 0 Å². The van der Waals surface area contributed by atoms with Gasteiger partial charge in [-0.3, -0.25) is 9.69 Å². The number of carbonyl (C=O) groups excluding carboxylic acids is 1. The lowest BCUT2D eigenvalue weighted by atomic mass is 10.3. The SMILES string of the molecule is C=C(C)C(=O)N(CO)COCC. The molecule has 0 fully saturated rings. The highest BCUT2D eigenvalue weighted by Crippen LogP contribution is 1.97. The summed E-state index contributed by atoms with van der Waals surface area (Å²) in [6.45, 7) is 7.17. The van der Waals surface area contributed by atoms with Gasteiger partial charge in [0.15, 0.2) is 0 Å². The second-order valence-corrected chi connectivity index (χ2v) is 2.39. The molecule has 4 heteroatoms. The Bertz CT molecular complexity index is 168. The molecule has 0 aliphatic heterocycles. The average molecular weight is 173 g/mol. The number of nitrogens with zero attached hydrogens (tertiary/aromatic N) is 1. The van der Waals surface area contributed by atoms with Gasteiger partial charge in [-0.25, -0.2) is 0 Å². The molecule has 1 amide bonds. The summed E-state index contributed by atoms with van der Waals surface area (Å²) in [7, 11) is 0. The topological polar surface area (TPSA) is 49.8 Å². The first-order chi connectivity index (χ1) is 5.63. The van der Waals surface area contributed by atoms with Crippen molar-refractivity contribution in [3.8, 4) is 0 Å². The molecule has 0 aliphatic carbocycles. The maximum Gasteiger partial charge on any atom is 0.252 e. The molecule has 0 aromatic rings. The quantitative estimate of drug-likeness (QED) is 0.481. The number of rotatable bonds is 5. The van der Waals surface area contributed by atoms with Crippen LogP contribution in [0.1, 0.15) is 13.8 Å². The molecule has 0 atom stereocenters. The summed E-state index contributed by atoms with van der Waals surface area (Å²) < 4.78 is 4.96. The largest absolute Gasteiger partial charge is 0.376 e. The number of hydrogen-bond donors (Lipinski definition) is 1. The zero-order chi connectivity index (χ0) is 9.56. The van der Waals surface area contributed by atoms with Gasteiger partial charge in [-0.05, 0) is 13.8 Å². The normalized spacial score (nSPS) is 9.58. The molecule has 4 nitrogen and oxygen atoms in total. The van der Waals surface area contributed by atoms with Crippen molar-refractivity contribution in [2.24, 2.45) is 0 Å². The van der Waals surface area contributed by atoms with Crippen molar-refractivity contribution in [1.82, 2.24) is 4.90 Å². The van der Waals surface area contributed by atoms with Gasteiger partial charge in [-0.1, -0.05) is 6.58 Å². The smallest absolute Gasteiger partial charge is 0.252 e. The predicted octanol–water partition coefficient (Wildman–Crippen LogP) is 0.335. The summed E-state index contributed by atoms with van der Waals surface area (Å²) in [4.78, 5) is 12.3. The van der Waals surface area contributed by atoms with Crippen molar-refractivity contribution in [2.75, 3.05) is 20.1 Å². The number of hydrogen-bond acceptors (Lipinski definition) is 3. The minimum atomic E-state index is -0.342. The van der Waals surface area contributed by atoms with Gasteiger partial charge in [-0.15, -0.1) is 0 Å². The molecule has 0 saturated heterocycles. The van der Waals surface area contributed by atoms with Crippen LogP contribution in [0, 0.1) is 0 Å². The van der Waals surface area contributed by atoms with E-state index in [1.165, 1.54) is 4.90 Å². The first-order valence-electron chi connectivity index (χ1n) is 3.76. The molecule has 0 saturated carbocycles. The van der Waals surface area contributed by atoms with Crippen molar-refractivity contribution < 1.29 is 14.6 Å². The Kier molecular flexibility index (Phi) is 5.32. The molecule has 12 heavy (non-hydrogen) atoms. The lowest BCUT2D eigenvalue weighted by Gasteiger charge is -2.19. The lowest BCUT2D eigenvalue weighted by Crippen LogP contribution is -2.34. The maximum atomic E-state index is 11.2. The fourth-order valence-corrected chi connectivity index (χ4v) is 0.635. The van der Waals surface area contributed by atoms with Crippen LogP contribution in [0.2, 0.25) is 0 Å². The molecule has 0 unspecified atom stereocenters. The van der Waals surface area contributed by atoms with E-state index in [0.29, 0.717) is 12.2 Å². The molecule has 0 radical (unpaired) electrons. The molecular weight excluding hydrogens is 158 g/mol.